The van der Waals surface area contributed by atoms with Gasteiger partial charge in [0, 0.05) is 25.8 Å². The molecule has 0 unspecified atom stereocenters. The zero-order valence-electron chi connectivity index (χ0n) is 11.1. The number of rotatable bonds is 3. The maximum atomic E-state index is 9.12. The van der Waals surface area contributed by atoms with Crippen LogP contribution in [0.4, 0.5) is 0 Å². The van der Waals surface area contributed by atoms with Crippen LogP contribution in [0.1, 0.15) is 22.6 Å². The predicted octanol–water partition coefficient (Wildman–Crippen LogP) is 1.09. The maximum absolute atomic E-state index is 9.12. The Morgan fingerprint density at radius 1 is 1.37 bits per heavy atom. The SMILES string of the molecule is Cc1cccnc1CN1CCn2nc(CO)cc2C1. The summed E-state index contributed by atoms with van der Waals surface area (Å²) in [6, 6.07) is 6.05. The summed E-state index contributed by atoms with van der Waals surface area (Å²) < 4.78 is 1.99. The lowest BCUT2D eigenvalue weighted by Crippen LogP contribution is -2.33. The molecule has 1 aliphatic heterocycles. The van der Waals surface area contributed by atoms with Gasteiger partial charge in [-0.15, -0.1) is 0 Å². The van der Waals surface area contributed by atoms with Crippen molar-refractivity contribution in [3.8, 4) is 0 Å². The van der Waals surface area contributed by atoms with Gasteiger partial charge in [-0.3, -0.25) is 14.6 Å². The molecule has 0 aromatic carbocycles. The van der Waals surface area contributed by atoms with Crippen molar-refractivity contribution in [2.24, 2.45) is 0 Å². The first-order valence-electron chi connectivity index (χ1n) is 6.55. The fourth-order valence-corrected chi connectivity index (χ4v) is 2.49. The highest BCUT2D eigenvalue weighted by Gasteiger charge is 2.18. The summed E-state index contributed by atoms with van der Waals surface area (Å²) in [6.45, 7) is 5.69. The van der Waals surface area contributed by atoms with Crippen molar-refractivity contribution in [3.63, 3.8) is 0 Å². The highest BCUT2D eigenvalue weighted by molar-refractivity contribution is 5.18. The summed E-state index contributed by atoms with van der Waals surface area (Å²) >= 11 is 0. The number of aromatic nitrogens is 3. The lowest BCUT2D eigenvalue weighted by molar-refractivity contribution is 0.202. The molecule has 2 aromatic rings. The quantitative estimate of drug-likeness (QED) is 0.895. The summed E-state index contributed by atoms with van der Waals surface area (Å²) in [7, 11) is 0. The van der Waals surface area contributed by atoms with E-state index in [1.165, 1.54) is 11.3 Å². The second-order valence-corrected chi connectivity index (χ2v) is 4.99. The van der Waals surface area contributed by atoms with E-state index in [-0.39, 0.29) is 6.61 Å². The van der Waals surface area contributed by atoms with E-state index >= 15 is 0 Å². The van der Waals surface area contributed by atoms with Crippen LogP contribution in [0.5, 0.6) is 0 Å². The number of aliphatic hydroxyl groups excluding tert-OH is 1. The van der Waals surface area contributed by atoms with Gasteiger partial charge in [-0.05, 0) is 24.6 Å². The molecule has 2 aromatic heterocycles. The molecule has 5 nitrogen and oxygen atoms in total. The van der Waals surface area contributed by atoms with Gasteiger partial charge in [0.05, 0.1) is 30.2 Å². The zero-order chi connectivity index (χ0) is 13.2. The van der Waals surface area contributed by atoms with Gasteiger partial charge in [0.2, 0.25) is 0 Å². The fraction of sp³-hybridized carbons (Fsp3) is 0.429. The first-order valence-corrected chi connectivity index (χ1v) is 6.55. The second kappa shape index (κ2) is 5.11. The monoisotopic (exact) mass is 258 g/mol. The van der Waals surface area contributed by atoms with Crippen LogP contribution < -0.4 is 0 Å². The van der Waals surface area contributed by atoms with Crippen molar-refractivity contribution < 1.29 is 5.11 Å². The molecule has 1 aliphatic rings. The minimum absolute atomic E-state index is 0.0132. The van der Waals surface area contributed by atoms with Gasteiger partial charge in [-0.1, -0.05) is 6.07 Å². The highest BCUT2D eigenvalue weighted by atomic mass is 16.3. The molecule has 100 valence electrons. The molecule has 0 bridgehead atoms. The molecule has 5 heteroatoms. The third kappa shape index (κ3) is 2.52. The Bertz CT molecular complexity index is 579. The number of fused-ring (bicyclic) bond motifs is 1. The van der Waals surface area contributed by atoms with E-state index in [9.17, 15) is 0 Å². The Morgan fingerprint density at radius 2 is 2.26 bits per heavy atom. The van der Waals surface area contributed by atoms with Crippen molar-refractivity contribution >= 4 is 0 Å². The molecule has 0 saturated heterocycles. The minimum atomic E-state index is 0.0132. The van der Waals surface area contributed by atoms with Crippen molar-refractivity contribution in [3.05, 3.63) is 47.0 Å². The molecular weight excluding hydrogens is 240 g/mol. The number of hydrogen-bond donors (Lipinski definition) is 1. The summed E-state index contributed by atoms with van der Waals surface area (Å²) in [5.41, 5.74) is 4.30. The fourth-order valence-electron chi connectivity index (χ4n) is 2.49. The zero-order valence-corrected chi connectivity index (χ0v) is 11.1. The number of aliphatic hydroxyl groups is 1. The highest BCUT2D eigenvalue weighted by Crippen LogP contribution is 2.16. The van der Waals surface area contributed by atoms with E-state index in [2.05, 4.69) is 28.0 Å². The van der Waals surface area contributed by atoms with Crippen LogP contribution in [0, 0.1) is 6.92 Å². The van der Waals surface area contributed by atoms with Crippen LogP contribution in [-0.4, -0.2) is 31.3 Å². The molecule has 19 heavy (non-hydrogen) atoms. The standard InChI is InChI=1S/C14H18N4O/c1-11-3-2-4-15-14(11)9-17-5-6-18-13(8-17)7-12(10-19)16-18/h2-4,7,19H,5-6,8-10H2,1H3. The topological polar surface area (TPSA) is 54.2 Å². The first-order chi connectivity index (χ1) is 9.26. The van der Waals surface area contributed by atoms with Crippen LogP contribution in [0.25, 0.3) is 0 Å². The molecule has 1 N–H and O–H groups in total. The van der Waals surface area contributed by atoms with Gasteiger partial charge < -0.3 is 5.11 Å². The van der Waals surface area contributed by atoms with Crippen molar-refractivity contribution in [1.82, 2.24) is 19.7 Å². The third-order valence-corrected chi connectivity index (χ3v) is 3.58. The second-order valence-electron chi connectivity index (χ2n) is 4.99. The number of nitrogens with zero attached hydrogens (tertiary/aromatic N) is 4. The molecule has 0 saturated carbocycles. The minimum Gasteiger partial charge on any atom is -0.390 e. The van der Waals surface area contributed by atoms with E-state index in [0.29, 0.717) is 0 Å². The van der Waals surface area contributed by atoms with Crippen LogP contribution >= 0.6 is 0 Å². The maximum Gasteiger partial charge on any atom is 0.0882 e. The van der Waals surface area contributed by atoms with Crippen LogP contribution in [0.3, 0.4) is 0 Å². The lowest BCUT2D eigenvalue weighted by atomic mass is 10.2. The van der Waals surface area contributed by atoms with Crippen LogP contribution in [-0.2, 0) is 26.2 Å². The van der Waals surface area contributed by atoms with Crippen molar-refractivity contribution in [1.29, 1.82) is 0 Å². The molecular formula is C14H18N4O. The summed E-state index contributed by atoms with van der Waals surface area (Å²) in [5, 5.41) is 13.5. The number of aryl methyl sites for hydroxylation is 1. The van der Waals surface area contributed by atoms with Crippen LogP contribution in [0.15, 0.2) is 24.4 Å². The number of pyridine rings is 1. The van der Waals surface area contributed by atoms with Gasteiger partial charge in [-0.25, -0.2) is 0 Å². The Hall–Kier alpha value is -1.72. The van der Waals surface area contributed by atoms with E-state index in [1.807, 2.05) is 23.0 Å². The van der Waals surface area contributed by atoms with Crippen molar-refractivity contribution in [2.75, 3.05) is 6.54 Å². The average Bonchev–Trinajstić information content (AvgIpc) is 2.83. The Morgan fingerprint density at radius 3 is 3.05 bits per heavy atom. The molecule has 0 radical (unpaired) electrons. The Labute approximate surface area is 112 Å². The van der Waals surface area contributed by atoms with E-state index < -0.39 is 0 Å². The normalized spacial score (nSPS) is 15.5. The van der Waals surface area contributed by atoms with E-state index in [4.69, 9.17) is 5.11 Å². The largest absolute Gasteiger partial charge is 0.390 e. The molecule has 0 spiro atoms. The first kappa shape index (κ1) is 12.3. The Balaban J connectivity index is 1.73. The van der Waals surface area contributed by atoms with Gasteiger partial charge in [0.15, 0.2) is 0 Å². The average molecular weight is 258 g/mol. The summed E-state index contributed by atoms with van der Waals surface area (Å²) in [5.74, 6) is 0. The van der Waals surface area contributed by atoms with Crippen LogP contribution in [0.2, 0.25) is 0 Å². The molecule has 3 rings (SSSR count). The van der Waals surface area contributed by atoms with E-state index in [0.717, 1.165) is 37.6 Å². The predicted molar refractivity (Wildman–Crippen MR) is 71.2 cm³/mol. The van der Waals surface area contributed by atoms with E-state index in [1.54, 1.807) is 0 Å². The molecule has 0 fully saturated rings. The molecule has 0 aliphatic carbocycles. The molecule has 0 atom stereocenters. The number of hydrogen-bond acceptors (Lipinski definition) is 4. The van der Waals surface area contributed by atoms with Gasteiger partial charge in [0.1, 0.15) is 0 Å². The van der Waals surface area contributed by atoms with Gasteiger partial charge in [0.25, 0.3) is 0 Å². The van der Waals surface area contributed by atoms with Crippen molar-refractivity contribution in [2.45, 2.75) is 33.2 Å². The Kier molecular flexibility index (Phi) is 3.31. The van der Waals surface area contributed by atoms with Gasteiger partial charge >= 0.3 is 0 Å². The van der Waals surface area contributed by atoms with Gasteiger partial charge in [-0.2, -0.15) is 5.10 Å². The summed E-state index contributed by atoms with van der Waals surface area (Å²) in [4.78, 5) is 6.81. The molecule has 3 heterocycles. The lowest BCUT2D eigenvalue weighted by Gasteiger charge is -2.27. The summed E-state index contributed by atoms with van der Waals surface area (Å²) in [6.07, 6.45) is 1.85. The third-order valence-electron chi connectivity index (χ3n) is 3.58. The molecule has 0 amide bonds. The smallest absolute Gasteiger partial charge is 0.0882 e.